The smallest absolute Gasteiger partial charge is 0.132 e. The number of aromatic nitrogens is 3. The van der Waals surface area contributed by atoms with Gasteiger partial charge in [-0.15, -0.1) is 0 Å². The number of nitrogens with two attached hydrogens (primary N) is 1. The van der Waals surface area contributed by atoms with Gasteiger partial charge in [-0.1, -0.05) is 24.3 Å². The molecule has 0 aliphatic heterocycles. The molecule has 1 atom stereocenters. The first kappa shape index (κ1) is 15.0. The van der Waals surface area contributed by atoms with Crippen LogP contribution in [0, 0.1) is 0 Å². The molecule has 0 saturated carbocycles. The molecule has 4 aromatic rings. The van der Waals surface area contributed by atoms with E-state index in [4.69, 9.17) is 5.73 Å². The molecular formula is C21H19N5. The summed E-state index contributed by atoms with van der Waals surface area (Å²) in [4.78, 5) is 4.51. The number of pyridine rings is 1. The average Bonchev–Trinajstić information content (AvgIpc) is 3.27. The Morgan fingerprint density at radius 3 is 2.77 bits per heavy atom. The van der Waals surface area contributed by atoms with Crippen molar-refractivity contribution in [1.29, 1.82) is 0 Å². The van der Waals surface area contributed by atoms with Crippen LogP contribution in [-0.2, 0) is 6.42 Å². The van der Waals surface area contributed by atoms with Crippen LogP contribution in [0.5, 0.6) is 0 Å². The summed E-state index contributed by atoms with van der Waals surface area (Å²) in [6.07, 6.45) is 5.96. The lowest BCUT2D eigenvalue weighted by Gasteiger charge is -2.14. The van der Waals surface area contributed by atoms with Crippen LogP contribution >= 0.6 is 0 Å². The first-order valence-corrected chi connectivity index (χ1v) is 8.81. The largest absolute Gasteiger partial charge is 0.399 e. The molecule has 1 aliphatic carbocycles. The number of hydrogen-bond donors (Lipinski definition) is 2. The van der Waals surface area contributed by atoms with Crippen molar-refractivity contribution in [3.8, 4) is 0 Å². The molecule has 2 aromatic carbocycles. The highest BCUT2D eigenvalue weighted by atomic mass is 15.3. The predicted molar refractivity (Wildman–Crippen MR) is 105 cm³/mol. The van der Waals surface area contributed by atoms with Crippen LogP contribution < -0.4 is 11.1 Å². The lowest BCUT2D eigenvalue weighted by Crippen LogP contribution is -2.09. The third-order valence-electron chi connectivity index (χ3n) is 5.06. The Morgan fingerprint density at radius 2 is 1.88 bits per heavy atom. The van der Waals surface area contributed by atoms with Gasteiger partial charge in [-0.25, -0.2) is 4.98 Å². The van der Waals surface area contributed by atoms with Gasteiger partial charge in [0.2, 0.25) is 0 Å². The molecule has 2 aromatic heterocycles. The Balaban J connectivity index is 1.53. The van der Waals surface area contributed by atoms with Crippen molar-refractivity contribution in [3.63, 3.8) is 0 Å². The maximum Gasteiger partial charge on any atom is 0.132 e. The van der Waals surface area contributed by atoms with Crippen LogP contribution in [0.4, 0.5) is 17.2 Å². The molecule has 0 fully saturated rings. The molecule has 0 unspecified atom stereocenters. The molecule has 0 saturated heterocycles. The Hall–Kier alpha value is -3.34. The fraction of sp³-hybridized carbons (Fsp3) is 0.143. The highest BCUT2D eigenvalue weighted by molar-refractivity contribution is 5.81. The first-order valence-electron chi connectivity index (χ1n) is 8.81. The standard InChI is InChI=1S/C21H19N5/c22-16-6-8-17(9-7-16)25-21-11-20-15(12-23-21)13-24-26(20)19-10-5-14-3-1-2-4-18(14)19/h1-4,6-9,11-13,19H,5,10,22H2,(H,23,25)/t19-/m1/s1. The third-order valence-corrected chi connectivity index (χ3v) is 5.06. The summed E-state index contributed by atoms with van der Waals surface area (Å²) in [5.41, 5.74) is 11.4. The lowest BCUT2D eigenvalue weighted by atomic mass is 10.1. The second-order valence-electron chi connectivity index (χ2n) is 6.72. The van der Waals surface area contributed by atoms with E-state index in [9.17, 15) is 0 Å². The number of nitrogen functional groups attached to an aromatic ring is 1. The molecule has 2 heterocycles. The second kappa shape index (κ2) is 5.88. The van der Waals surface area contributed by atoms with Gasteiger partial charge in [-0.05, 0) is 48.2 Å². The van der Waals surface area contributed by atoms with Gasteiger partial charge in [0.05, 0.1) is 17.8 Å². The van der Waals surface area contributed by atoms with E-state index in [0.29, 0.717) is 0 Å². The van der Waals surface area contributed by atoms with E-state index in [0.717, 1.165) is 40.9 Å². The second-order valence-corrected chi connectivity index (χ2v) is 6.72. The van der Waals surface area contributed by atoms with Gasteiger partial charge in [0.25, 0.3) is 0 Å². The van der Waals surface area contributed by atoms with E-state index in [1.165, 1.54) is 11.1 Å². The zero-order valence-corrected chi connectivity index (χ0v) is 14.3. The maximum absolute atomic E-state index is 5.75. The molecule has 128 valence electrons. The van der Waals surface area contributed by atoms with E-state index >= 15 is 0 Å². The number of rotatable bonds is 3. The molecular weight excluding hydrogens is 322 g/mol. The van der Waals surface area contributed by atoms with E-state index in [2.05, 4.69) is 50.4 Å². The van der Waals surface area contributed by atoms with Crippen LogP contribution in [0.1, 0.15) is 23.6 Å². The quantitative estimate of drug-likeness (QED) is 0.545. The Bertz CT molecular complexity index is 1080. The third kappa shape index (κ3) is 2.49. The molecule has 26 heavy (non-hydrogen) atoms. The van der Waals surface area contributed by atoms with Crippen molar-refractivity contribution in [3.05, 3.63) is 78.1 Å². The van der Waals surface area contributed by atoms with Crippen LogP contribution in [0.15, 0.2) is 67.0 Å². The minimum absolute atomic E-state index is 0.287. The molecule has 1 aliphatic rings. The van der Waals surface area contributed by atoms with E-state index in [-0.39, 0.29) is 6.04 Å². The lowest BCUT2D eigenvalue weighted by molar-refractivity contribution is 0.537. The zero-order chi connectivity index (χ0) is 17.5. The highest BCUT2D eigenvalue weighted by Gasteiger charge is 2.25. The van der Waals surface area contributed by atoms with Gasteiger partial charge in [-0.2, -0.15) is 5.10 Å². The van der Waals surface area contributed by atoms with Gasteiger partial charge in [0, 0.05) is 29.0 Å². The van der Waals surface area contributed by atoms with Crippen molar-refractivity contribution >= 4 is 28.1 Å². The van der Waals surface area contributed by atoms with Crippen LogP contribution in [0.2, 0.25) is 0 Å². The van der Waals surface area contributed by atoms with Crippen molar-refractivity contribution in [2.75, 3.05) is 11.1 Å². The molecule has 0 bridgehead atoms. The maximum atomic E-state index is 5.75. The topological polar surface area (TPSA) is 68.8 Å². The number of nitrogens with zero attached hydrogens (tertiary/aromatic N) is 3. The van der Waals surface area contributed by atoms with E-state index in [1.807, 2.05) is 36.7 Å². The molecule has 0 spiro atoms. The number of anilines is 3. The van der Waals surface area contributed by atoms with Gasteiger partial charge in [0.1, 0.15) is 5.82 Å². The van der Waals surface area contributed by atoms with Crippen molar-refractivity contribution in [2.24, 2.45) is 0 Å². The minimum Gasteiger partial charge on any atom is -0.399 e. The SMILES string of the molecule is Nc1ccc(Nc2cc3c(cn2)cnn3[C@@H]2CCc3ccccc32)cc1. The molecule has 0 radical (unpaired) electrons. The van der Waals surface area contributed by atoms with E-state index < -0.39 is 0 Å². The summed E-state index contributed by atoms with van der Waals surface area (Å²) in [6, 6.07) is 18.7. The number of hydrogen-bond acceptors (Lipinski definition) is 4. The predicted octanol–water partition coefficient (Wildman–Crippen LogP) is 4.29. The van der Waals surface area contributed by atoms with Crippen LogP contribution in [-0.4, -0.2) is 14.8 Å². The Morgan fingerprint density at radius 1 is 1.04 bits per heavy atom. The Labute approximate surface area is 151 Å². The van der Waals surface area contributed by atoms with Gasteiger partial charge in [0.15, 0.2) is 0 Å². The Kier molecular flexibility index (Phi) is 3.38. The summed E-state index contributed by atoms with van der Waals surface area (Å²) in [5, 5.41) is 9.06. The van der Waals surface area contributed by atoms with Crippen LogP contribution in [0.3, 0.4) is 0 Å². The first-order chi connectivity index (χ1) is 12.8. The normalized spacial score (nSPS) is 15.9. The van der Waals surface area contributed by atoms with Crippen molar-refractivity contribution in [1.82, 2.24) is 14.8 Å². The monoisotopic (exact) mass is 341 g/mol. The number of benzene rings is 2. The van der Waals surface area contributed by atoms with Gasteiger partial charge in [-0.3, -0.25) is 4.68 Å². The summed E-state index contributed by atoms with van der Waals surface area (Å²) < 4.78 is 2.14. The van der Waals surface area contributed by atoms with Gasteiger partial charge >= 0.3 is 0 Å². The molecule has 3 N–H and O–H groups in total. The molecule has 5 heteroatoms. The highest BCUT2D eigenvalue weighted by Crippen LogP contribution is 2.35. The van der Waals surface area contributed by atoms with Crippen molar-refractivity contribution < 1.29 is 0 Å². The van der Waals surface area contributed by atoms with Gasteiger partial charge < -0.3 is 11.1 Å². The average molecular weight is 341 g/mol. The summed E-state index contributed by atoms with van der Waals surface area (Å²) in [6.45, 7) is 0. The zero-order valence-electron chi connectivity index (χ0n) is 14.3. The number of fused-ring (bicyclic) bond motifs is 2. The summed E-state index contributed by atoms with van der Waals surface area (Å²) >= 11 is 0. The van der Waals surface area contributed by atoms with Crippen LogP contribution in [0.25, 0.3) is 10.9 Å². The fourth-order valence-electron chi connectivity index (χ4n) is 3.76. The molecule has 5 rings (SSSR count). The number of aryl methyl sites for hydroxylation is 1. The van der Waals surface area contributed by atoms with E-state index in [1.54, 1.807) is 0 Å². The number of nitrogens with one attached hydrogen (secondary N) is 1. The summed E-state index contributed by atoms with van der Waals surface area (Å²) in [7, 11) is 0. The fourth-order valence-corrected chi connectivity index (χ4v) is 3.76. The molecule has 5 nitrogen and oxygen atoms in total. The van der Waals surface area contributed by atoms with Crippen molar-refractivity contribution in [2.45, 2.75) is 18.9 Å². The summed E-state index contributed by atoms with van der Waals surface area (Å²) in [5.74, 6) is 0.801. The molecule has 0 amide bonds. The minimum atomic E-state index is 0.287.